The van der Waals surface area contributed by atoms with Crippen LogP contribution in [-0.4, -0.2) is 24.2 Å². The van der Waals surface area contributed by atoms with Crippen LogP contribution in [-0.2, 0) is 4.74 Å². The zero-order valence-corrected chi connectivity index (χ0v) is 12.4. The molecule has 0 radical (unpaired) electrons. The van der Waals surface area contributed by atoms with Crippen LogP contribution < -0.4 is 10.1 Å². The summed E-state index contributed by atoms with van der Waals surface area (Å²) >= 11 is 1.35. The Morgan fingerprint density at radius 1 is 1.30 bits per heavy atom. The molecule has 6 heteroatoms. The van der Waals surface area contributed by atoms with Crippen LogP contribution in [0.1, 0.15) is 24.3 Å². The van der Waals surface area contributed by atoms with Crippen molar-refractivity contribution in [3.8, 4) is 5.75 Å². The number of ether oxygens (including phenoxy) is 2. The molecule has 20 heavy (non-hydrogen) atoms. The molecule has 0 unspecified atom stereocenters. The number of benzene rings is 1. The van der Waals surface area contributed by atoms with E-state index in [1.54, 1.807) is 5.38 Å². The van der Waals surface area contributed by atoms with Gasteiger partial charge in [-0.15, -0.1) is 11.3 Å². The second-order valence-corrected chi connectivity index (χ2v) is 5.20. The van der Waals surface area contributed by atoms with Gasteiger partial charge < -0.3 is 14.8 Å². The van der Waals surface area contributed by atoms with Gasteiger partial charge in [0.1, 0.15) is 5.75 Å². The number of aromatic nitrogens is 1. The molecule has 2 aromatic rings. The summed E-state index contributed by atoms with van der Waals surface area (Å²) in [6.07, 6.45) is 0.149. The number of nitrogens with zero attached hydrogens (tertiary/aromatic N) is 1. The molecule has 5 nitrogen and oxygen atoms in total. The zero-order valence-electron chi connectivity index (χ0n) is 11.5. The number of carbonyl (C=O) groups is 1. The van der Waals surface area contributed by atoms with Gasteiger partial charge in [0.15, 0.2) is 10.8 Å². The number of esters is 1. The highest BCUT2D eigenvalue weighted by atomic mass is 32.1. The SMILES string of the molecule is COC(=O)c1csc(Nc2ccc(OC(C)C)cc2)n1. The fourth-order valence-corrected chi connectivity index (χ4v) is 2.24. The Morgan fingerprint density at radius 3 is 2.60 bits per heavy atom. The van der Waals surface area contributed by atoms with Crippen molar-refractivity contribution in [2.45, 2.75) is 20.0 Å². The van der Waals surface area contributed by atoms with E-state index < -0.39 is 5.97 Å². The minimum atomic E-state index is -0.435. The number of thiazole rings is 1. The third-order valence-corrected chi connectivity index (χ3v) is 3.13. The van der Waals surface area contributed by atoms with Crippen LogP contribution in [0, 0.1) is 0 Å². The van der Waals surface area contributed by atoms with Crippen molar-refractivity contribution in [1.82, 2.24) is 4.98 Å². The molecule has 0 aliphatic rings. The van der Waals surface area contributed by atoms with Crippen molar-refractivity contribution >= 4 is 28.1 Å². The van der Waals surface area contributed by atoms with Gasteiger partial charge in [-0.25, -0.2) is 9.78 Å². The molecule has 0 saturated heterocycles. The summed E-state index contributed by atoms with van der Waals surface area (Å²) in [6, 6.07) is 7.57. The monoisotopic (exact) mass is 292 g/mol. The van der Waals surface area contributed by atoms with E-state index in [4.69, 9.17) is 4.74 Å². The number of anilines is 2. The summed E-state index contributed by atoms with van der Waals surface area (Å²) in [4.78, 5) is 15.5. The molecule has 1 heterocycles. The van der Waals surface area contributed by atoms with Gasteiger partial charge in [0.25, 0.3) is 0 Å². The van der Waals surface area contributed by atoms with Gasteiger partial charge >= 0.3 is 5.97 Å². The minimum Gasteiger partial charge on any atom is -0.491 e. The predicted octanol–water partition coefficient (Wildman–Crippen LogP) is 3.46. The van der Waals surface area contributed by atoms with E-state index in [1.165, 1.54) is 18.4 Å². The Hall–Kier alpha value is -2.08. The first-order valence-corrected chi connectivity index (χ1v) is 7.04. The molecule has 2 rings (SSSR count). The molecule has 0 fully saturated rings. The van der Waals surface area contributed by atoms with Crippen LogP contribution >= 0.6 is 11.3 Å². The fourth-order valence-electron chi connectivity index (χ4n) is 1.54. The second kappa shape index (κ2) is 6.38. The van der Waals surface area contributed by atoms with Crippen LogP contribution in [0.15, 0.2) is 29.6 Å². The average molecular weight is 292 g/mol. The molecular weight excluding hydrogens is 276 g/mol. The summed E-state index contributed by atoms with van der Waals surface area (Å²) < 4.78 is 10.2. The lowest BCUT2D eigenvalue weighted by molar-refractivity contribution is 0.0595. The van der Waals surface area contributed by atoms with E-state index in [0.717, 1.165) is 11.4 Å². The Morgan fingerprint density at radius 2 is 2.00 bits per heavy atom. The summed E-state index contributed by atoms with van der Waals surface area (Å²) in [5.74, 6) is 0.384. The molecule has 0 spiro atoms. The van der Waals surface area contributed by atoms with Crippen LogP contribution in [0.25, 0.3) is 0 Å². The van der Waals surface area contributed by atoms with E-state index in [1.807, 2.05) is 38.1 Å². The molecule has 106 valence electrons. The van der Waals surface area contributed by atoms with Gasteiger partial charge in [0.05, 0.1) is 13.2 Å². The van der Waals surface area contributed by atoms with E-state index in [0.29, 0.717) is 10.8 Å². The summed E-state index contributed by atoms with van der Waals surface area (Å²) in [5.41, 5.74) is 1.19. The average Bonchev–Trinajstić information content (AvgIpc) is 2.88. The number of hydrogen-bond acceptors (Lipinski definition) is 6. The highest BCUT2D eigenvalue weighted by Crippen LogP contribution is 2.23. The zero-order chi connectivity index (χ0) is 14.5. The number of carbonyl (C=O) groups excluding carboxylic acids is 1. The first kappa shape index (κ1) is 14.3. The highest BCUT2D eigenvalue weighted by Gasteiger charge is 2.10. The number of rotatable bonds is 5. The smallest absolute Gasteiger partial charge is 0.357 e. The first-order valence-electron chi connectivity index (χ1n) is 6.16. The first-order chi connectivity index (χ1) is 9.58. The lowest BCUT2D eigenvalue weighted by Crippen LogP contribution is -2.05. The lowest BCUT2D eigenvalue weighted by Gasteiger charge is -2.10. The van der Waals surface area contributed by atoms with Gasteiger partial charge in [-0.2, -0.15) is 0 Å². The largest absolute Gasteiger partial charge is 0.491 e. The fraction of sp³-hybridized carbons (Fsp3) is 0.286. The van der Waals surface area contributed by atoms with Gasteiger partial charge in [-0.05, 0) is 38.1 Å². The standard InChI is InChI=1S/C14H16N2O3S/c1-9(2)19-11-6-4-10(5-7-11)15-14-16-12(8-20-14)13(17)18-3/h4-9H,1-3H3,(H,15,16). The van der Waals surface area contributed by atoms with Gasteiger partial charge in [-0.1, -0.05) is 0 Å². The third-order valence-electron chi connectivity index (χ3n) is 2.38. The van der Waals surface area contributed by atoms with Crippen molar-refractivity contribution in [1.29, 1.82) is 0 Å². The predicted molar refractivity (Wildman–Crippen MR) is 78.9 cm³/mol. The maximum Gasteiger partial charge on any atom is 0.357 e. The molecule has 0 amide bonds. The molecular formula is C14H16N2O3S. The Balaban J connectivity index is 2.02. The van der Waals surface area contributed by atoms with Gasteiger partial charge in [-0.3, -0.25) is 0 Å². The van der Waals surface area contributed by atoms with Crippen LogP contribution in [0.4, 0.5) is 10.8 Å². The third kappa shape index (κ3) is 3.71. The van der Waals surface area contributed by atoms with E-state index in [9.17, 15) is 4.79 Å². The molecule has 0 saturated carbocycles. The van der Waals surface area contributed by atoms with Crippen molar-refractivity contribution in [2.75, 3.05) is 12.4 Å². The van der Waals surface area contributed by atoms with Crippen LogP contribution in [0.5, 0.6) is 5.75 Å². The van der Waals surface area contributed by atoms with Crippen molar-refractivity contribution in [2.24, 2.45) is 0 Å². The number of methoxy groups -OCH3 is 1. The molecule has 0 aliphatic carbocycles. The molecule has 0 aliphatic heterocycles. The molecule has 0 bridgehead atoms. The maximum atomic E-state index is 11.3. The molecule has 1 N–H and O–H groups in total. The van der Waals surface area contributed by atoms with Gasteiger partial charge in [0, 0.05) is 11.1 Å². The summed E-state index contributed by atoms with van der Waals surface area (Å²) in [5, 5.41) is 5.43. The summed E-state index contributed by atoms with van der Waals surface area (Å²) in [6.45, 7) is 3.96. The van der Waals surface area contributed by atoms with Crippen molar-refractivity contribution in [3.63, 3.8) is 0 Å². The Kier molecular flexibility index (Phi) is 4.57. The van der Waals surface area contributed by atoms with Crippen LogP contribution in [0.3, 0.4) is 0 Å². The maximum absolute atomic E-state index is 11.3. The normalized spacial score (nSPS) is 10.4. The minimum absolute atomic E-state index is 0.149. The Labute approximate surface area is 121 Å². The quantitative estimate of drug-likeness (QED) is 0.855. The van der Waals surface area contributed by atoms with Crippen molar-refractivity contribution in [3.05, 3.63) is 35.3 Å². The van der Waals surface area contributed by atoms with Crippen molar-refractivity contribution < 1.29 is 14.3 Å². The van der Waals surface area contributed by atoms with Crippen LogP contribution in [0.2, 0.25) is 0 Å². The lowest BCUT2D eigenvalue weighted by atomic mass is 10.3. The molecule has 1 aromatic heterocycles. The van der Waals surface area contributed by atoms with Gasteiger partial charge in [0.2, 0.25) is 0 Å². The molecule has 0 atom stereocenters. The van der Waals surface area contributed by atoms with E-state index in [-0.39, 0.29) is 6.10 Å². The highest BCUT2D eigenvalue weighted by molar-refractivity contribution is 7.14. The van der Waals surface area contributed by atoms with E-state index >= 15 is 0 Å². The molecule has 1 aromatic carbocycles. The number of nitrogens with one attached hydrogen (secondary N) is 1. The topological polar surface area (TPSA) is 60.5 Å². The Bertz CT molecular complexity index is 578. The number of hydrogen-bond donors (Lipinski definition) is 1. The van der Waals surface area contributed by atoms with E-state index in [2.05, 4.69) is 15.0 Å². The summed E-state index contributed by atoms with van der Waals surface area (Å²) in [7, 11) is 1.34. The second-order valence-electron chi connectivity index (χ2n) is 4.35.